The molecule has 2 rings (SSSR count). The molecule has 1 atom stereocenters. The van der Waals surface area contributed by atoms with Crippen LogP contribution in [0.5, 0.6) is 5.88 Å². The van der Waals surface area contributed by atoms with E-state index in [1.165, 1.54) is 17.2 Å². The SMILES string of the molecule is CCNC(=NCc1ccnc(OCC(F)(F)F)c1)NC1CCN(CC(F)(F)F)C1.I. The van der Waals surface area contributed by atoms with Crippen LogP contribution in [-0.2, 0) is 6.54 Å². The zero-order chi connectivity index (χ0) is 21.5. The van der Waals surface area contributed by atoms with Gasteiger partial charge in [0.05, 0.1) is 13.1 Å². The van der Waals surface area contributed by atoms with Crippen molar-refractivity contribution >= 4 is 29.9 Å². The van der Waals surface area contributed by atoms with Crippen LogP contribution in [0.1, 0.15) is 18.9 Å². The predicted octanol–water partition coefficient (Wildman–Crippen LogP) is 3.33. The molecule has 1 aromatic heterocycles. The van der Waals surface area contributed by atoms with Gasteiger partial charge in [-0.15, -0.1) is 24.0 Å². The van der Waals surface area contributed by atoms with Gasteiger partial charge in [0.25, 0.3) is 0 Å². The third-order valence-corrected chi connectivity index (χ3v) is 3.96. The van der Waals surface area contributed by atoms with Gasteiger partial charge in [-0.05, 0) is 25.0 Å². The molecule has 0 bridgehead atoms. The third kappa shape index (κ3) is 10.5. The van der Waals surface area contributed by atoms with Gasteiger partial charge in [0.2, 0.25) is 5.88 Å². The minimum Gasteiger partial charge on any atom is -0.468 e. The number of rotatable bonds is 7. The average Bonchev–Trinajstić information content (AvgIpc) is 3.03. The van der Waals surface area contributed by atoms with Crippen LogP contribution in [0.15, 0.2) is 23.3 Å². The number of likely N-dealkylation sites (tertiary alicyclic amines) is 1. The van der Waals surface area contributed by atoms with E-state index in [4.69, 9.17) is 0 Å². The lowest BCUT2D eigenvalue weighted by atomic mass is 10.2. The van der Waals surface area contributed by atoms with E-state index in [-0.39, 0.29) is 49.0 Å². The minimum atomic E-state index is -4.46. The van der Waals surface area contributed by atoms with Crippen LogP contribution < -0.4 is 15.4 Å². The molecule has 13 heteroatoms. The first kappa shape index (κ1) is 26.5. The number of aromatic nitrogens is 1. The van der Waals surface area contributed by atoms with Crippen LogP contribution in [0.3, 0.4) is 0 Å². The Morgan fingerprint density at radius 1 is 1.27 bits per heavy atom. The number of alkyl halides is 6. The maximum atomic E-state index is 12.5. The van der Waals surface area contributed by atoms with Crippen molar-refractivity contribution < 1.29 is 31.1 Å². The molecule has 1 aromatic rings. The highest BCUT2D eigenvalue weighted by Crippen LogP contribution is 2.20. The Hall–Kier alpha value is -1.51. The van der Waals surface area contributed by atoms with Crippen LogP contribution >= 0.6 is 24.0 Å². The fourth-order valence-electron chi connectivity index (χ4n) is 2.81. The smallest absolute Gasteiger partial charge is 0.422 e. The molecular weight excluding hydrogens is 531 g/mol. The van der Waals surface area contributed by atoms with Gasteiger partial charge >= 0.3 is 12.4 Å². The van der Waals surface area contributed by atoms with Crippen LogP contribution in [0.2, 0.25) is 0 Å². The zero-order valence-corrected chi connectivity index (χ0v) is 18.5. The van der Waals surface area contributed by atoms with Gasteiger partial charge in [0, 0.05) is 37.9 Å². The highest BCUT2D eigenvalue weighted by Gasteiger charge is 2.34. The lowest BCUT2D eigenvalue weighted by Gasteiger charge is -2.19. The molecular formula is C17H24F6IN5O. The van der Waals surface area contributed by atoms with E-state index in [2.05, 4.69) is 25.3 Å². The molecule has 30 heavy (non-hydrogen) atoms. The number of hydrogen-bond acceptors (Lipinski definition) is 4. The Morgan fingerprint density at radius 3 is 2.63 bits per heavy atom. The van der Waals surface area contributed by atoms with E-state index in [0.29, 0.717) is 31.0 Å². The van der Waals surface area contributed by atoms with Gasteiger partial charge in [0.1, 0.15) is 0 Å². The molecule has 1 fully saturated rings. The molecule has 1 unspecified atom stereocenters. The lowest BCUT2D eigenvalue weighted by Crippen LogP contribution is -2.45. The largest absolute Gasteiger partial charge is 0.468 e. The molecule has 1 saturated heterocycles. The molecule has 1 aliphatic heterocycles. The third-order valence-electron chi connectivity index (χ3n) is 3.96. The summed E-state index contributed by atoms with van der Waals surface area (Å²) < 4.78 is 78.8. The molecule has 0 amide bonds. The Bertz CT molecular complexity index is 685. The number of ether oxygens (including phenoxy) is 1. The second-order valence-electron chi connectivity index (χ2n) is 6.58. The number of pyridine rings is 1. The van der Waals surface area contributed by atoms with Gasteiger partial charge in [-0.3, -0.25) is 4.90 Å². The second-order valence-corrected chi connectivity index (χ2v) is 6.58. The molecule has 172 valence electrons. The fourth-order valence-corrected chi connectivity index (χ4v) is 2.81. The first-order valence-corrected chi connectivity index (χ1v) is 9.02. The van der Waals surface area contributed by atoms with Gasteiger partial charge in [-0.25, -0.2) is 9.98 Å². The molecule has 0 spiro atoms. The summed E-state index contributed by atoms with van der Waals surface area (Å²) in [6.45, 7) is 0.719. The van der Waals surface area contributed by atoms with Crippen molar-refractivity contribution in [2.45, 2.75) is 38.3 Å². The van der Waals surface area contributed by atoms with E-state index in [0.717, 1.165) is 0 Å². The quantitative estimate of drug-likeness (QED) is 0.234. The van der Waals surface area contributed by atoms with Crippen molar-refractivity contribution in [3.05, 3.63) is 23.9 Å². The highest BCUT2D eigenvalue weighted by molar-refractivity contribution is 14.0. The number of aliphatic imine (C=N–C) groups is 1. The average molecular weight is 555 g/mol. The summed E-state index contributed by atoms with van der Waals surface area (Å²) in [5.74, 6) is 0.257. The van der Waals surface area contributed by atoms with Crippen molar-refractivity contribution in [3.63, 3.8) is 0 Å². The molecule has 0 aliphatic carbocycles. The lowest BCUT2D eigenvalue weighted by molar-refractivity contribution is -0.154. The first-order valence-electron chi connectivity index (χ1n) is 9.02. The van der Waals surface area contributed by atoms with E-state index >= 15 is 0 Å². The molecule has 6 nitrogen and oxygen atoms in total. The van der Waals surface area contributed by atoms with Gasteiger partial charge in [0.15, 0.2) is 12.6 Å². The normalized spacial score (nSPS) is 18.1. The van der Waals surface area contributed by atoms with Crippen molar-refractivity contribution in [1.82, 2.24) is 20.5 Å². The molecule has 0 radical (unpaired) electrons. The van der Waals surface area contributed by atoms with E-state index < -0.39 is 25.5 Å². The summed E-state index contributed by atoms with van der Waals surface area (Å²) in [6.07, 6.45) is -6.83. The summed E-state index contributed by atoms with van der Waals surface area (Å²) in [5, 5.41) is 6.10. The first-order chi connectivity index (χ1) is 13.5. The van der Waals surface area contributed by atoms with Gasteiger partial charge in [-0.2, -0.15) is 26.3 Å². The number of guanidine groups is 1. The molecule has 0 saturated carbocycles. The maximum absolute atomic E-state index is 12.5. The zero-order valence-electron chi connectivity index (χ0n) is 16.2. The van der Waals surface area contributed by atoms with Crippen LogP contribution in [0.25, 0.3) is 0 Å². The fraction of sp³-hybridized carbons (Fsp3) is 0.647. The van der Waals surface area contributed by atoms with Crippen molar-refractivity contribution in [1.29, 1.82) is 0 Å². The molecule has 1 aliphatic rings. The Labute approximate surface area is 187 Å². The van der Waals surface area contributed by atoms with Crippen molar-refractivity contribution in [3.8, 4) is 5.88 Å². The van der Waals surface area contributed by atoms with E-state index in [9.17, 15) is 26.3 Å². The summed E-state index contributed by atoms with van der Waals surface area (Å²) in [4.78, 5) is 9.40. The predicted molar refractivity (Wildman–Crippen MR) is 110 cm³/mol. The summed E-state index contributed by atoms with van der Waals surface area (Å²) in [5.41, 5.74) is 0.583. The summed E-state index contributed by atoms with van der Waals surface area (Å²) in [7, 11) is 0. The maximum Gasteiger partial charge on any atom is 0.422 e. The standard InChI is InChI=1S/C17H23F6N5O.HI/c1-2-24-15(27-13-4-6-28(9-13)10-16(18,19)20)26-8-12-3-5-25-14(7-12)29-11-17(21,22)23;/h3,5,7,13H,2,4,6,8-11H2,1H3,(H2,24,26,27);1H. The Balaban J connectivity index is 0.00000450. The van der Waals surface area contributed by atoms with Gasteiger partial charge < -0.3 is 15.4 Å². The van der Waals surface area contributed by atoms with E-state index in [1.807, 2.05) is 6.92 Å². The summed E-state index contributed by atoms with van der Waals surface area (Å²) >= 11 is 0. The van der Waals surface area contributed by atoms with Crippen LogP contribution in [0.4, 0.5) is 26.3 Å². The minimum absolute atomic E-state index is 0. The monoisotopic (exact) mass is 555 g/mol. The second kappa shape index (κ2) is 11.8. The molecule has 2 N–H and O–H groups in total. The highest BCUT2D eigenvalue weighted by atomic mass is 127. The number of halogens is 7. The summed E-state index contributed by atoms with van der Waals surface area (Å²) in [6, 6.07) is 2.77. The molecule has 2 heterocycles. The topological polar surface area (TPSA) is 61.8 Å². The van der Waals surface area contributed by atoms with Crippen molar-refractivity contribution in [2.24, 2.45) is 4.99 Å². The Kier molecular flexibility index (Phi) is 10.4. The van der Waals surface area contributed by atoms with Crippen LogP contribution in [-0.4, -0.2) is 67.0 Å². The van der Waals surface area contributed by atoms with E-state index in [1.54, 1.807) is 6.07 Å². The number of nitrogens with one attached hydrogen (secondary N) is 2. The molecule has 0 aromatic carbocycles. The Morgan fingerprint density at radius 2 is 2.00 bits per heavy atom. The number of hydrogen-bond donors (Lipinski definition) is 2. The number of nitrogens with zero attached hydrogens (tertiary/aromatic N) is 3. The van der Waals surface area contributed by atoms with Crippen molar-refractivity contribution in [2.75, 3.05) is 32.8 Å². The van der Waals surface area contributed by atoms with Crippen LogP contribution in [0, 0.1) is 0 Å². The van der Waals surface area contributed by atoms with Gasteiger partial charge in [-0.1, -0.05) is 0 Å².